The highest BCUT2D eigenvalue weighted by Gasteiger charge is 2.52. The fourth-order valence-corrected chi connectivity index (χ4v) is 5.91. The summed E-state index contributed by atoms with van der Waals surface area (Å²) in [6.45, 7) is 1.81. The van der Waals surface area contributed by atoms with E-state index in [9.17, 15) is 22.5 Å². The van der Waals surface area contributed by atoms with E-state index in [2.05, 4.69) is 20.4 Å². The second-order valence-corrected chi connectivity index (χ2v) is 11.8. The molecule has 4 aromatic rings. The summed E-state index contributed by atoms with van der Waals surface area (Å²) in [7, 11) is 0. The van der Waals surface area contributed by atoms with Crippen LogP contribution in [0.2, 0.25) is 10.0 Å². The van der Waals surface area contributed by atoms with Gasteiger partial charge in [-0.15, -0.1) is 0 Å². The topological polar surface area (TPSA) is 104 Å². The summed E-state index contributed by atoms with van der Waals surface area (Å²) in [5, 5.41) is 7.43. The van der Waals surface area contributed by atoms with Gasteiger partial charge in [0.05, 0.1) is 29.3 Å². The minimum atomic E-state index is -4.45. The number of anilines is 1. The normalized spacial score (nSPS) is 15.1. The van der Waals surface area contributed by atoms with E-state index < -0.39 is 28.3 Å². The van der Waals surface area contributed by atoms with E-state index in [0.29, 0.717) is 61.9 Å². The summed E-state index contributed by atoms with van der Waals surface area (Å²) < 4.78 is 55.9. The van der Waals surface area contributed by atoms with Crippen LogP contribution in [0.25, 0.3) is 11.5 Å². The number of amides is 1. The predicted octanol–water partition coefficient (Wildman–Crippen LogP) is 6.85. The van der Waals surface area contributed by atoms with Crippen LogP contribution >= 0.6 is 23.2 Å². The standard InChI is InChI=1S/C27H21Cl2F3N4O3S/c1-2-40(38)19-8-7-17(33-14-19)13-22(37)34-18-11-20(28)23(21(29)12-18)26(9-10-26)25-35-24(39-36-25)15-3-5-16(6-4-15)27(30,31)32/h3-8,11-12,14H,2,9-10,13H2,1H3,(H,34,37). The first-order valence-corrected chi connectivity index (χ1v) is 14.2. The summed E-state index contributed by atoms with van der Waals surface area (Å²) >= 11 is 12.1. The van der Waals surface area contributed by atoms with Crippen molar-refractivity contribution in [2.24, 2.45) is 0 Å². The first-order chi connectivity index (χ1) is 19.0. The molecule has 0 spiro atoms. The Balaban J connectivity index is 1.31. The van der Waals surface area contributed by atoms with E-state index in [0.717, 1.165) is 12.1 Å². The summed E-state index contributed by atoms with van der Waals surface area (Å²) in [4.78, 5) is 21.9. The highest BCUT2D eigenvalue weighted by atomic mass is 35.5. The van der Waals surface area contributed by atoms with Gasteiger partial charge in [0.15, 0.2) is 10.7 Å². The van der Waals surface area contributed by atoms with Gasteiger partial charge in [-0.1, -0.05) is 28.4 Å². The number of halogens is 5. The van der Waals surface area contributed by atoms with Gasteiger partial charge in [0.1, 0.15) is 5.75 Å². The van der Waals surface area contributed by atoms with Crippen LogP contribution in [0.1, 0.15) is 42.4 Å². The van der Waals surface area contributed by atoms with E-state index >= 15 is 0 Å². The molecule has 0 bridgehead atoms. The average Bonchev–Trinajstić information content (AvgIpc) is 3.53. The number of rotatable bonds is 8. The van der Waals surface area contributed by atoms with Crippen molar-refractivity contribution in [3.05, 3.63) is 87.4 Å². The van der Waals surface area contributed by atoms with Gasteiger partial charge in [0.2, 0.25) is 5.91 Å². The Morgan fingerprint density at radius 1 is 1.12 bits per heavy atom. The highest BCUT2D eigenvalue weighted by Crippen LogP contribution is 2.57. The largest absolute Gasteiger partial charge is 0.611 e. The lowest BCUT2D eigenvalue weighted by Crippen LogP contribution is -2.17. The minimum Gasteiger partial charge on any atom is -0.611 e. The van der Waals surface area contributed by atoms with Crippen LogP contribution in [-0.4, -0.2) is 31.3 Å². The van der Waals surface area contributed by atoms with E-state index in [1.807, 2.05) is 6.92 Å². The number of hydrogen-bond donors (Lipinski definition) is 1. The number of benzene rings is 2. The lowest BCUT2D eigenvalue weighted by Gasteiger charge is -2.17. The van der Waals surface area contributed by atoms with Gasteiger partial charge < -0.3 is 14.4 Å². The molecule has 2 heterocycles. The third kappa shape index (κ3) is 5.83. The number of nitrogens with one attached hydrogen (secondary N) is 1. The molecule has 1 unspecified atom stereocenters. The third-order valence-electron chi connectivity index (χ3n) is 6.53. The van der Waals surface area contributed by atoms with Crippen LogP contribution in [0.15, 0.2) is 64.1 Å². The molecule has 0 saturated heterocycles. The maximum atomic E-state index is 12.9. The second kappa shape index (κ2) is 11.0. The van der Waals surface area contributed by atoms with E-state index in [1.54, 1.807) is 24.3 Å². The van der Waals surface area contributed by atoms with Gasteiger partial charge >= 0.3 is 6.18 Å². The Morgan fingerprint density at radius 3 is 2.35 bits per heavy atom. The number of carbonyl (C=O) groups is 1. The molecule has 1 aliphatic rings. The SMILES string of the molecule is CC[S+]([O-])c1ccc(CC(=O)Nc2cc(Cl)c(C3(c4noc(-c5ccc(C(F)(F)F)cc5)n4)CC3)c(Cl)c2)nc1. The molecular formula is C27H21Cl2F3N4O3S. The molecule has 1 aliphatic carbocycles. The Kier molecular flexibility index (Phi) is 7.84. The molecule has 1 saturated carbocycles. The fraction of sp³-hybridized carbons (Fsp3) is 0.259. The number of nitrogens with zero attached hydrogens (tertiary/aromatic N) is 3. The monoisotopic (exact) mass is 608 g/mol. The van der Waals surface area contributed by atoms with Crippen molar-refractivity contribution in [2.75, 3.05) is 11.1 Å². The van der Waals surface area contributed by atoms with E-state index in [1.165, 1.54) is 18.3 Å². The molecule has 1 fully saturated rings. The molecule has 208 valence electrons. The molecule has 5 rings (SSSR count). The van der Waals surface area contributed by atoms with Crippen molar-refractivity contribution in [2.45, 2.75) is 42.7 Å². The van der Waals surface area contributed by atoms with Crippen molar-refractivity contribution in [1.29, 1.82) is 0 Å². The van der Waals surface area contributed by atoms with Crippen LogP contribution in [-0.2, 0) is 34.0 Å². The molecule has 13 heteroatoms. The van der Waals surface area contributed by atoms with Crippen molar-refractivity contribution < 1.29 is 27.0 Å². The zero-order valence-corrected chi connectivity index (χ0v) is 23.2. The molecule has 2 aromatic carbocycles. The van der Waals surface area contributed by atoms with Gasteiger partial charge in [0, 0.05) is 26.9 Å². The van der Waals surface area contributed by atoms with E-state index in [4.69, 9.17) is 27.7 Å². The smallest absolute Gasteiger partial charge is 0.416 e. The Bertz CT molecular complexity index is 1520. The summed E-state index contributed by atoms with van der Waals surface area (Å²) in [6.07, 6.45) is -1.69. The number of aromatic nitrogens is 3. The first kappa shape index (κ1) is 28.4. The Hall–Kier alpha value is -3.12. The summed E-state index contributed by atoms with van der Waals surface area (Å²) in [6, 6.07) is 11.0. The van der Waals surface area contributed by atoms with Crippen LogP contribution in [0.4, 0.5) is 18.9 Å². The molecule has 1 N–H and O–H groups in total. The van der Waals surface area contributed by atoms with Crippen molar-refractivity contribution in [3.8, 4) is 11.5 Å². The lowest BCUT2D eigenvalue weighted by molar-refractivity contribution is -0.137. The molecule has 40 heavy (non-hydrogen) atoms. The van der Waals surface area contributed by atoms with Gasteiger partial charge in [-0.05, 0) is 79.5 Å². The molecule has 7 nitrogen and oxygen atoms in total. The molecule has 0 radical (unpaired) electrons. The Labute approximate surface area is 240 Å². The predicted molar refractivity (Wildman–Crippen MR) is 145 cm³/mol. The van der Waals surface area contributed by atoms with Crippen LogP contribution in [0.3, 0.4) is 0 Å². The third-order valence-corrected chi connectivity index (χ3v) is 8.42. The minimum absolute atomic E-state index is 0.00441. The number of hydrogen-bond acceptors (Lipinski definition) is 6. The molecular weight excluding hydrogens is 588 g/mol. The molecule has 2 aromatic heterocycles. The van der Waals surface area contributed by atoms with E-state index in [-0.39, 0.29) is 18.2 Å². The first-order valence-electron chi connectivity index (χ1n) is 12.1. The lowest BCUT2D eigenvalue weighted by atomic mass is 9.94. The van der Waals surface area contributed by atoms with Gasteiger partial charge in [-0.2, -0.15) is 18.2 Å². The number of pyridine rings is 1. The maximum Gasteiger partial charge on any atom is 0.416 e. The second-order valence-electron chi connectivity index (χ2n) is 9.24. The fourth-order valence-electron chi connectivity index (χ4n) is 4.34. The van der Waals surface area contributed by atoms with Gasteiger partial charge in [0.25, 0.3) is 5.89 Å². The highest BCUT2D eigenvalue weighted by molar-refractivity contribution is 7.91. The summed E-state index contributed by atoms with van der Waals surface area (Å²) in [5.41, 5.74) is 0.339. The molecule has 1 amide bonds. The van der Waals surface area contributed by atoms with Crippen molar-refractivity contribution in [1.82, 2.24) is 15.1 Å². The van der Waals surface area contributed by atoms with Crippen LogP contribution in [0.5, 0.6) is 0 Å². The molecule has 1 atom stereocenters. The molecule has 0 aliphatic heterocycles. The van der Waals surface area contributed by atoms with Crippen molar-refractivity contribution >= 4 is 46.0 Å². The average molecular weight is 609 g/mol. The zero-order chi connectivity index (χ0) is 28.7. The quantitative estimate of drug-likeness (QED) is 0.219. The maximum absolute atomic E-state index is 12.9. The zero-order valence-electron chi connectivity index (χ0n) is 20.9. The van der Waals surface area contributed by atoms with Gasteiger partial charge in [-0.3, -0.25) is 9.78 Å². The number of carbonyl (C=O) groups excluding carboxylic acids is 1. The number of alkyl halides is 3. The van der Waals surface area contributed by atoms with Crippen LogP contribution in [0, 0.1) is 0 Å². The van der Waals surface area contributed by atoms with Gasteiger partial charge in [-0.25, -0.2) is 0 Å². The van der Waals surface area contributed by atoms with Crippen LogP contribution < -0.4 is 5.32 Å². The van der Waals surface area contributed by atoms with Crippen molar-refractivity contribution in [3.63, 3.8) is 0 Å². The Morgan fingerprint density at radius 2 is 1.80 bits per heavy atom. The summed E-state index contributed by atoms with van der Waals surface area (Å²) in [5.74, 6) is 0.542.